The predicted molar refractivity (Wildman–Crippen MR) is 95.3 cm³/mol. The molecule has 156 valence electrons. The maximum absolute atomic E-state index is 12.4. The first-order valence-electron chi connectivity index (χ1n) is 8.65. The van der Waals surface area contributed by atoms with Crippen molar-refractivity contribution in [3.8, 4) is 0 Å². The van der Waals surface area contributed by atoms with Crippen LogP contribution in [0.3, 0.4) is 0 Å². The lowest BCUT2D eigenvalue weighted by Crippen LogP contribution is -2.61. The minimum absolute atomic E-state index is 0.383. The van der Waals surface area contributed by atoms with E-state index in [-0.39, 0.29) is 5.92 Å². The van der Waals surface area contributed by atoms with Crippen molar-refractivity contribution in [3.63, 3.8) is 0 Å². The van der Waals surface area contributed by atoms with Crippen molar-refractivity contribution in [1.29, 1.82) is 0 Å². The van der Waals surface area contributed by atoms with Gasteiger partial charge in [0.05, 0.1) is 18.8 Å². The number of aliphatic hydroxyl groups is 2. The summed E-state index contributed by atoms with van der Waals surface area (Å²) in [5.41, 5.74) is 5.16. The molecular formula is C16H30N4O7. The molecule has 0 aliphatic carbocycles. The number of carboxylic acids is 1. The molecule has 0 saturated heterocycles. The lowest BCUT2D eigenvalue weighted by molar-refractivity contribution is -0.144. The van der Waals surface area contributed by atoms with Crippen LogP contribution in [0.2, 0.25) is 0 Å². The molecule has 0 aromatic rings. The third-order valence-electron chi connectivity index (χ3n) is 4.11. The van der Waals surface area contributed by atoms with Crippen molar-refractivity contribution in [1.82, 2.24) is 16.0 Å². The smallest absolute Gasteiger partial charge is 0.326 e. The molecule has 6 atom stereocenters. The Kier molecular flexibility index (Phi) is 10.5. The quantitative estimate of drug-likeness (QED) is 0.198. The van der Waals surface area contributed by atoms with Crippen LogP contribution in [0.25, 0.3) is 0 Å². The number of amides is 3. The molecule has 0 aliphatic rings. The van der Waals surface area contributed by atoms with Gasteiger partial charge in [-0.25, -0.2) is 4.79 Å². The van der Waals surface area contributed by atoms with Crippen LogP contribution in [0.5, 0.6) is 0 Å². The van der Waals surface area contributed by atoms with E-state index in [1.165, 1.54) is 13.8 Å². The van der Waals surface area contributed by atoms with Gasteiger partial charge in [0.25, 0.3) is 0 Å². The fraction of sp³-hybridized carbons (Fsp3) is 0.750. The molecule has 3 amide bonds. The summed E-state index contributed by atoms with van der Waals surface area (Å²) in [7, 11) is 0. The average Bonchev–Trinajstić information content (AvgIpc) is 2.59. The Balaban J connectivity index is 5.30. The normalized spacial score (nSPS) is 17.6. The van der Waals surface area contributed by atoms with E-state index in [9.17, 15) is 34.5 Å². The summed E-state index contributed by atoms with van der Waals surface area (Å²) in [6.07, 6.45) is -2.18. The van der Waals surface area contributed by atoms with E-state index in [0.29, 0.717) is 6.42 Å². The van der Waals surface area contributed by atoms with Gasteiger partial charge in [0, 0.05) is 0 Å². The van der Waals surface area contributed by atoms with Crippen LogP contribution >= 0.6 is 0 Å². The van der Waals surface area contributed by atoms with Crippen LogP contribution in [0.1, 0.15) is 34.1 Å². The minimum atomic E-state index is -1.49. The number of carboxylic acid groups (broad SMARTS) is 1. The van der Waals surface area contributed by atoms with E-state index in [1.54, 1.807) is 13.8 Å². The highest BCUT2D eigenvalue weighted by molar-refractivity contribution is 5.94. The molecule has 8 N–H and O–H groups in total. The zero-order valence-electron chi connectivity index (χ0n) is 15.9. The predicted octanol–water partition coefficient (Wildman–Crippen LogP) is -2.71. The number of aliphatic hydroxyl groups excluding tert-OH is 2. The minimum Gasteiger partial charge on any atom is -0.480 e. The van der Waals surface area contributed by atoms with Gasteiger partial charge in [-0.05, 0) is 19.8 Å². The van der Waals surface area contributed by atoms with Gasteiger partial charge in [-0.1, -0.05) is 20.3 Å². The Bertz CT molecular complexity index is 539. The third-order valence-corrected chi connectivity index (χ3v) is 4.11. The van der Waals surface area contributed by atoms with Crippen LogP contribution in [-0.2, 0) is 19.2 Å². The molecule has 27 heavy (non-hydrogen) atoms. The molecule has 0 rings (SSSR count). The van der Waals surface area contributed by atoms with Crippen LogP contribution in [0.4, 0.5) is 0 Å². The van der Waals surface area contributed by atoms with Gasteiger partial charge >= 0.3 is 5.97 Å². The molecule has 0 aliphatic heterocycles. The highest BCUT2D eigenvalue weighted by Gasteiger charge is 2.34. The maximum Gasteiger partial charge on any atom is 0.326 e. The van der Waals surface area contributed by atoms with Crippen LogP contribution < -0.4 is 21.7 Å². The summed E-state index contributed by atoms with van der Waals surface area (Å²) in [4.78, 5) is 47.5. The van der Waals surface area contributed by atoms with Crippen LogP contribution in [-0.4, -0.2) is 75.9 Å². The SMILES string of the molecule is CCC(C)C(NC(=O)C(NC(=O)C(NC(=O)CN)C(C)O)C(C)O)C(=O)O. The van der Waals surface area contributed by atoms with Gasteiger partial charge in [-0.15, -0.1) is 0 Å². The van der Waals surface area contributed by atoms with Gasteiger partial charge in [-0.2, -0.15) is 0 Å². The van der Waals surface area contributed by atoms with E-state index in [1.807, 2.05) is 0 Å². The molecule has 0 aromatic heterocycles. The summed E-state index contributed by atoms with van der Waals surface area (Å²) < 4.78 is 0. The van der Waals surface area contributed by atoms with E-state index in [0.717, 1.165) is 0 Å². The number of hydrogen-bond acceptors (Lipinski definition) is 7. The number of hydrogen-bond donors (Lipinski definition) is 7. The van der Waals surface area contributed by atoms with Crippen molar-refractivity contribution in [2.24, 2.45) is 11.7 Å². The molecule has 0 heterocycles. The van der Waals surface area contributed by atoms with Crippen molar-refractivity contribution in [2.45, 2.75) is 64.4 Å². The molecule has 0 fully saturated rings. The number of nitrogens with one attached hydrogen (secondary N) is 3. The van der Waals surface area contributed by atoms with E-state index in [2.05, 4.69) is 16.0 Å². The number of nitrogens with two attached hydrogens (primary N) is 1. The van der Waals surface area contributed by atoms with Crippen molar-refractivity contribution in [3.05, 3.63) is 0 Å². The van der Waals surface area contributed by atoms with Crippen LogP contribution in [0, 0.1) is 5.92 Å². The highest BCUT2D eigenvalue weighted by Crippen LogP contribution is 2.09. The molecule has 0 spiro atoms. The fourth-order valence-corrected chi connectivity index (χ4v) is 2.21. The molecule has 0 aromatic carbocycles. The number of rotatable bonds is 11. The monoisotopic (exact) mass is 390 g/mol. The zero-order valence-corrected chi connectivity index (χ0v) is 15.9. The van der Waals surface area contributed by atoms with Gasteiger partial charge in [0.2, 0.25) is 17.7 Å². The molecule has 11 nitrogen and oxygen atoms in total. The Morgan fingerprint density at radius 2 is 1.26 bits per heavy atom. The van der Waals surface area contributed by atoms with Crippen molar-refractivity contribution >= 4 is 23.7 Å². The fourth-order valence-electron chi connectivity index (χ4n) is 2.21. The number of carbonyl (C=O) groups excluding carboxylic acids is 3. The van der Waals surface area contributed by atoms with Crippen molar-refractivity contribution in [2.75, 3.05) is 6.54 Å². The van der Waals surface area contributed by atoms with E-state index >= 15 is 0 Å². The Morgan fingerprint density at radius 1 is 0.852 bits per heavy atom. The molecule has 0 saturated carbocycles. The molecule has 0 radical (unpaired) electrons. The van der Waals surface area contributed by atoms with Gasteiger partial charge in [-0.3, -0.25) is 14.4 Å². The largest absolute Gasteiger partial charge is 0.480 e. The lowest BCUT2D eigenvalue weighted by Gasteiger charge is -2.28. The summed E-state index contributed by atoms with van der Waals surface area (Å²) in [6.45, 7) is 5.47. The Hall–Kier alpha value is -2.24. The first-order chi connectivity index (χ1) is 12.5. The van der Waals surface area contributed by atoms with E-state index < -0.39 is 60.6 Å². The van der Waals surface area contributed by atoms with Gasteiger partial charge in [0.1, 0.15) is 18.1 Å². The summed E-state index contributed by atoms with van der Waals surface area (Å²) >= 11 is 0. The third kappa shape index (κ3) is 7.89. The molecule has 0 bridgehead atoms. The Labute approximate surface area is 157 Å². The van der Waals surface area contributed by atoms with Gasteiger partial charge < -0.3 is 37.0 Å². The second kappa shape index (κ2) is 11.5. The summed E-state index contributed by atoms with van der Waals surface area (Å²) in [5, 5.41) is 35.5. The highest BCUT2D eigenvalue weighted by atomic mass is 16.4. The first-order valence-corrected chi connectivity index (χ1v) is 8.65. The first kappa shape index (κ1) is 24.8. The second-order valence-corrected chi connectivity index (χ2v) is 6.43. The van der Waals surface area contributed by atoms with Gasteiger partial charge in [0.15, 0.2) is 0 Å². The maximum atomic E-state index is 12.4. The molecule has 6 unspecified atom stereocenters. The zero-order chi connectivity index (χ0) is 21.3. The topological polar surface area (TPSA) is 191 Å². The molecular weight excluding hydrogens is 360 g/mol. The summed E-state index contributed by atoms with van der Waals surface area (Å²) in [5.74, 6) is -4.16. The lowest BCUT2D eigenvalue weighted by atomic mass is 9.98. The molecule has 11 heteroatoms. The standard InChI is InChI=1S/C16H30N4O7/c1-5-7(2)11(16(26)27)19-15(25)13(9(4)22)20-14(24)12(8(3)21)18-10(23)6-17/h7-9,11-13,21-22H,5-6,17H2,1-4H3,(H,18,23)(H,19,25)(H,20,24)(H,26,27). The number of aliphatic carboxylic acids is 1. The van der Waals surface area contributed by atoms with Crippen LogP contribution in [0.15, 0.2) is 0 Å². The average molecular weight is 390 g/mol. The Morgan fingerprint density at radius 3 is 1.59 bits per heavy atom. The second-order valence-electron chi connectivity index (χ2n) is 6.43. The van der Waals surface area contributed by atoms with E-state index in [4.69, 9.17) is 5.73 Å². The number of carbonyl (C=O) groups is 4. The summed E-state index contributed by atoms with van der Waals surface area (Å²) in [6, 6.07) is -4.09. The van der Waals surface area contributed by atoms with Crippen molar-refractivity contribution < 1.29 is 34.5 Å².